The monoisotopic (exact) mass is 278 g/mol. The maximum atomic E-state index is 5.58. The van der Waals surface area contributed by atoms with Gasteiger partial charge < -0.3 is 15.0 Å². The summed E-state index contributed by atoms with van der Waals surface area (Å²) in [5, 5.41) is 3.37. The molecule has 0 spiro atoms. The topological polar surface area (TPSA) is 50.3 Å². The van der Waals surface area contributed by atoms with E-state index in [1.807, 2.05) is 6.07 Å². The van der Waals surface area contributed by atoms with Gasteiger partial charge in [-0.1, -0.05) is 6.92 Å². The Labute approximate surface area is 121 Å². The van der Waals surface area contributed by atoms with E-state index in [1.165, 1.54) is 25.7 Å². The zero-order chi connectivity index (χ0) is 14.4. The van der Waals surface area contributed by atoms with Crippen LogP contribution in [-0.2, 0) is 0 Å². The summed E-state index contributed by atoms with van der Waals surface area (Å²) in [5.41, 5.74) is 0. The Morgan fingerprint density at radius 2 is 2.05 bits per heavy atom. The summed E-state index contributed by atoms with van der Waals surface area (Å²) in [6.45, 7) is 2.79. The fraction of sp³-hybridized carbons (Fsp3) is 0.733. The Morgan fingerprint density at radius 1 is 1.30 bits per heavy atom. The summed E-state index contributed by atoms with van der Waals surface area (Å²) in [5.74, 6) is 1.63. The molecule has 1 N–H and O–H groups in total. The molecule has 112 valence electrons. The molecule has 5 heteroatoms. The van der Waals surface area contributed by atoms with Crippen molar-refractivity contribution in [1.29, 1.82) is 0 Å². The first-order valence-electron chi connectivity index (χ1n) is 7.59. The quantitative estimate of drug-likeness (QED) is 0.865. The summed E-state index contributed by atoms with van der Waals surface area (Å²) in [6.07, 6.45) is 7.46. The Bertz CT molecular complexity index is 405. The van der Waals surface area contributed by atoms with Gasteiger partial charge in [-0.05, 0) is 39.2 Å². The average molecular weight is 278 g/mol. The normalized spacial score (nSPS) is 22.6. The Balaban J connectivity index is 1.96. The van der Waals surface area contributed by atoms with Crippen molar-refractivity contribution >= 4 is 5.82 Å². The summed E-state index contributed by atoms with van der Waals surface area (Å²) in [4.78, 5) is 10.8. The van der Waals surface area contributed by atoms with Crippen LogP contribution in [0.25, 0.3) is 0 Å². The lowest BCUT2D eigenvalue weighted by atomic mass is 9.90. The average Bonchev–Trinajstić information content (AvgIpc) is 2.52. The number of nitrogens with zero attached hydrogens (tertiary/aromatic N) is 3. The first-order chi connectivity index (χ1) is 9.74. The second-order valence-electron chi connectivity index (χ2n) is 5.47. The highest BCUT2D eigenvalue weighted by Crippen LogP contribution is 2.26. The van der Waals surface area contributed by atoms with Crippen LogP contribution < -0.4 is 15.0 Å². The number of rotatable bonds is 6. The molecule has 2 rings (SSSR count). The zero-order valence-electron chi connectivity index (χ0n) is 12.8. The molecule has 0 unspecified atom stereocenters. The van der Waals surface area contributed by atoms with Gasteiger partial charge >= 0.3 is 0 Å². The summed E-state index contributed by atoms with van der Waals surface area (Å²) in [7, 11) is 4.17. The first kappa shape index (κ1) is 15.0. The van der Waals surface area contributed by atoms with E-state index in [-0.39, 0.29) is 0 Å². The molecule has 1 heterocycles. The van der Waals surface area contributed by atoms with Gasteiger partial charge in [-0.15, -0.1) is 0 Å². The van der Waals surface area contributed by atoms with E-state index in [2.05, 4.69) is 41.2 Å². The van der Waals surface area contributed by atoms with Crippen LogP contribution in [-0.4, -0.2) is 42.8 Å². The minimum atomic E-state index is 0.563. The predicted octanol–water partition coefficient (Wildman–Crippen LogP) is 2.23. The van der Waals surface area contributed by atoms with Gasteiger partial charge in [0.1, 0.15) is 12.1 Å². The van der Waals surface area contributed by atoms with Gasteiger partial charge in [0.2, 0.25) is 5.88 Å². The molecule has 20 heavy (non-hydrogen) atoms. The molecule has 1 fully saturated rings. The Kier molecular flexibility index (Phi) is 5.59. The lowest BCUT2D eigenvalue weighted by Crippen LogP contribution is -2.40. The summed E-state index contributed by atoms with van der Waals surface area (Å²) < 4.78 is 5.58. The van der Waals surface area contributed by atoms with Crippen LogP contribution in [0.4, 0.5) is 5.82 Å². The van der Waals surface area contributed by atoms with Gasteiger partial charge in [0.05, 0.1) is 6.61 Å². The second kappa shape index (κ2) is 7.43. The standard InChI is InChI=1S/C15H26N4O/c1-4-9-20-15-10-14(17-11-18-15)19(3)13-7-5-12(16-2)6-8-13/h10-13,16H,4-9H2,1-3H3. The molecule has 1 aromatic rings. The number of aromatic nitrogens is 2. The highest BCUT2D eigenvalue weighted by Gasteiger charge is 2.24. The van der Waals surface area contributed by atoms with Crippen molar-refractivity contribution in [1.82, 2.24) is 15.3 Å². The molecule has 5 nitrogen and oxygen atoms in total. The van der Waals surface area contributed by atoms with Crippen LogP contribution in [0, 0.1) is 0 Å². The van der Waals surface area contributed by atoms with Gasteiger partial charge in [-0.3, -0.25) is 0 Å². The van der Waals surface area contributed by atoms with E-state index in [1.54, 1.807) is 6.33 Å². The van der Waals surface area contributed by atoms with E-state index in [0.29, 0.717) is 24.6 Å². The van der Waals surface area contributed by atoms with E-state index in [0.717, 1.165) is 12.2 Å². The summed E-state index contributed by atoms with van der Waals surface area (Å²) in [6, 6.07) is 3.18. The van der Waals surface area contributed by atoms with Crippen molar-refractivity contribution in [2.75, 3.05) is 25.6 Å². The van der Waals surface area contributed by atoms with Gasteiger partial charge in [-0.2, -0.15) is 0 Å². The maximum Gasteiger partial charge on any atom is 0.218 e. The number of nitrogens with one attached hydrogen (secondary N) is 1. The molecule has 0 amide bonds. The minimum Gasteiger partial charge on any atom is -0.478 e. The van der Waals surface area contributed by atoms with Crippen LogP contribution >= 0.6 is 0 Å². The fourth-order valence-corrected chi connectivity index (χ4v) is 2.75. The van der Waals surface area contributed by atoms with Gasteiger partial charge in [0.25, 0.3) is 0 Å². The molecule has 1 aliphatic rings. The van der Waals surface area contributed by atoms with Crippen LogP contribution in [0.1, 0.15) is 39.0 Å². The molecule has 0 bridgehead atoms. The largest absolute Gasteiger partial charge is 0.478 e. The fourth-order valence-electron chi connectivity index (χ4n) is 2.75. The second-order valence-corrected chi connectivity index (χ2v) is 5.47. The third-order valence-corrected chi connectivity index (χ3v) is 4.10. The SMILES string of the molecule is CCCOc1cc(N(C)C2CCC(NC)CC2)ncn1. The third-order valence-electron chi connectivity index (χ3n) is 4.10. The lowest BCUT2D eigenvalue weighted by molar-refractivity contribution is 0.304. The first-order valence-corrected chi connectivity index (χ1v) is 7.59. The minimum absolute atomic E-state index is 0.563. The Morgan fingerprint density at radius 3 is 2.70 bits per heavy atom. The van der Waals surface area contributed by atoms with E-state index in [4.69, 9.17) is 4.74 Å². The molecule has 0 radical (unpaired) electrons. The van der Waals surface area contributed by atoms with Crippen molar-refractivity contribution in [3.8, 4) is 5.88 Å². The van der Waals surface area contributed by atoms with Crippen LogP contribution in [0.15, 0.2) is 12.4 Å². The van der Waals surface area contributed by atoms with Gasteiger partial charge in [0, 0.05) is 25.2 Å². The van der Waals surface area contributed by atoms with Crippen molar-refractivity contribution in [3.05, 3.63) is 12.4 Å². The van der Waals surface area contributed by atoms with E-state index in [9.17, 15) is 0 Å². The molecule has 0 aliphatic heterocycles. The molecular formula is C15H26N4O. The number of hydrogen-bond acceptors (Lipinski definition) is 5. The zero-order valence-corrected chi connectivity index (χ0v) is 12.8. The number of ether oxygens (including phenoxy) is 1. The number of anilines is 1. The molecule has 1 aliphatic carbocycles. The van der Waals surface area contributed by atoms with Crippen molar-refractivity contribution in [2.45, 2.75) is 51.1 Å². The van der Waals surface area contributed by atoms with Crippen molar-refractivity contribution < 1.29 is 4.74 Å². The van der Waals surface area contributed by atoms with Crippen molar-refractivity contribution in [2.24, 2.45) is 0 Å². The molecule has 0 atom stereocenters. The Hall–Kier alpha value is -1.36. The van der Waals surface area contributed by atoms with Crippen LogP contribution in [0.3, 0.4) is 0 Å². The molecule has 1 aromatic heterocycles. The van der Waals surface area contributed by atoms with E-state index < -0.39 is 0 Å². The maximum absolute atomic E-state index is 5.58. The van der Waals surface area contributed by atoms with Crippen LogP contribution in [0.2, 0.25) is 0 Å². The lowest BCUT2D eigenvalue weighted by Gasteiger charge is -2.35. The van der Waals surface area contributed by atoms with Gasteiger partial charge in [0.15, 0.2) is 0 Å². The number of hydrogen-bond donors (Lipinski definition) is 1. The molecule has 0 aromatic carbocycles. The highest BCUT2D eigenvalue weighted by atomic mass is 16.5. The summed E-state index contributed by atoms with van der Waals surface area (Å²) >= 11 is 0. The van der Waals surface area contributed by atoms with Crippen LogP contribution in [0.5, 0.6) is 5.88 Å². The van der Waals surface area contributed by atoms with E-state index >= 15 is 0 Å². The smallest absolute Gasteiger partial charge is 0.218 e. The molecule has 0 saturated heterocycles. The van der Waals surface area contributed by atoms with Crippen molar-refractivity contribution in [3.63, 3.8) is 0 Å². The third kappa shape index (κ3) is 3.82. The highest BCUT2D eigenvalue weighted by molar-refractivity contribution is 5.41. The predicted molar refractivity (Wildman–Crippen MR) is 81.3 cm³/mol. The van der Waals surface area contributed by atoms with Gasteiger partial charge in [-0.25, -0.2) is 9.97 Å². The molecule has 1 saturated carbocycles. The molecular weight excluding hydrogens is 252 g/mol.